The fourth-order valence-corrected chi connectivity index (χ4v) is 4.57. The fourth-order valence-electron chi connectivity index (χ4n) is 2.30. The lowest BCUT2D eigenvalue weighted by atomic mass is 10.2. The summed E-state index contributed by atoms with van der Waals surface area (Å²) in [5, 5.41) is 0.0421. The third-order valence-corrected chi connectivity index (χ3v) is 11.2. The third kappa shape index (κ3) is 5.37. The molecule has 1 fully saturated rings. The summed E-state index contributed by atoms with van der Waals surface area (Å²) in [6.45, 7) is 13.4. The fraction of sp³-hybridized carbons (Fsp3) is 0.667. The van der Waals surface area contributed by atoms with Gasteiger partial charge in [-0.25, -0.2) is 13.1 Å². The molecule has 1 aromatic rings. The summed E-state index contributed by atoms with van der Waals surface area (Å²) in [7, 11) is -5.68. The highest BCUT2D eigenvalue weighted by molar-refractivity contribution is 7.89. The smallest absolute Gasteiger partial charge is 0.240 e. The van der Waals surface area contributed by atoms with Crippen molar-refractivity contribution in [1.29, 1.82) is 0 Å². The molecule has 6 nitrogen and oxygen atoms in total. The monoisotopic (exact) mass is 401 g/mol. The average Bonchev–Trinajstić information content (AvgIpc) is 3.05. The lowest BCUT2D eigenvalue weighted by Crippen LogP contribution is -2.51. The van der Waals surface area contributed by atoms with Crippen LogP contribution < -0.4 is 4.72 Å². The molecule has 1 aromatic carbocycles. The molecule has 8 heteroatoms. The van der Waals surface area contributed by atoms with Gasteiger partial charge < -0.3 is 13.9 Å². The minimum Gasteiger partial charge on any atom is -0.415 e. The van der Waals surface area contributed by atoms with E-state index in [2.05, 4.69) is 38.6 Å². The Labute approximate surface area is 158 Å². The topological polar surface area (TPSA) is 73.9 Å². The second-order valence-corrected chi connectivity index (χ2v) is 14.8. The highest BCUT2D eigenvalue weighted by Crippen LogP contribution is 2.36. The summed E-state index contributed by atoms with van der Waals surface area (Å²) in [6, 6.07) is 6.28. The molecule has 0 amide bonds. The molecular formula is C18H31NO5SSi. The van der Waals surface area contributed by atoms with Gasteiger partial charge in [-0.1, -0.05) is 38.5 Å². The van der Waals surface area contributed by atoms with Crippen molar-refractivity contribution in [2.45, 2.75) is 62.9 Å². The molecule has 1 heterocycles. The average molecular weight is 402 g/mol. The van der Waals surface area contributed by atoms with Gasteiger partial charge in [-0.15, -0.1) is 0 Å². The molecule has 1 aliphatic heterocycles. The predicted octanol–water partition coefficient (Wildman–Crippen LogP) is 3.04. The van der Waals surface area contributed by atoms with Crippen LogP contribution in [0.15, 0.2) is 29.2 Å². The SMILES string of the molecule is Cc1ccc(S(=O)(=O)N[C@H](CO[Si](C)(C)C(C)(C)C)[C@H]2COCO2)cc1. The lowest BCUT2D eigenvalue weighted by molar-refractivity contribution is 0.0310. The summed E-state index contributed by atoms with van der Waals surface area (Å²) in [4.78, 5) is 0.236. The van der Waals surface area contributed by atoms with Crippen molar-refractivity contribution < 1.29 is 22.3 Å². The van der Waals surface area contributed by atoms with Crippen LogP contribution in [0.1, 0.15) is 26.3 Å². The van der Waals surface area contributed by atoms with Crippen molar-refractivity contribution >= 4 is 18.3 Å². The number of sulfonamides is 1. The van der Waals surface area contributed by atoms with Crippen molar-refractivity contribution in [2.75, 3.05) is 20.0 Å². The molecule has 26 heavy (non-hydrogen) atoms. The Balaban J connectivity index is 2.16. The maximum atomic E-state index is 12.8. The summed E-state index contributed by atoms with van der Waals surface area (Å²) >= 11 is 0. The Morgan fingerprint density at radius 1 is 1.27 bits per heavy atom. The van der Waals surface area contributed by atoms with Crippen molar-refractivity contribution in [3.8, 4) is 0 Å². The molecule has 0 aromatic heterocycles. The zero-order chi connectivity index (χ0) is 19.6. The van der Waals surface area contributed by atoms with E-state index < -0.39 is 24.4 Å². The van der Waals surface area contributed by atoms with Gasteiger partial charge in [0.1, 0.15) is 12.9 Å². The Kier molecular flexibility index (Phi) is 6.69. The molecule has 1 N–H and O–H groups in total. The van der Waals surface area contributed by atoms with Crippen molar-refractivity contribution in [3.05, 3.63) is 29.8 Å². The minimum absolute atomic E-state index is 0.0421. The maximum Gasteiger partial charge on any atom is 0.240 e. The number of ether oxygens (including phenoxy) is 2. The van der Waals surface area contributed by atoms with E-state index in [0.29, 0.717) is 6.61 Å². The van der Waals surface area contributed by atoms with Crippen LogP contribution in [0.3, 0.4) is 0 Å². The highest BCUT2D eigenvalue weighted by atomic mass is 32.2. The number of aryl methyl sites for hydroxylation is 1. The van der Waals surface area contributed by atoms with E-state index in [1.165, 1.54) is 0 Å². The number of nitrogens with one attached hydrogen (secondary N) is 1. The van der Waals surface area contributed by atoms with Gasteiger partial charge in [0.15, 0.2) is 8.32 Å². The van der Waals surface area contributed by atoms with E-state index in [0.717, 1.165) is 5.56 Å². The number of rotatable bonds is 7. The second kappa shape index (κ2) is 8.08. The zero-order valence-electron chi connectivity index (χ0n) is 16.5. The molecule has 1 aliphatic rings. The van der Waals surface area contributed by atoms with Gasteiger partial charge in [0.05, 0.1) is 24.2 Å². The second-order valence-electron chi connectivity index (χ2n) is 8.31. The van der Waals surface area contributed by atoms with Gasteiger partial charge in [0, 0.05) is 0 Å². The summed E-state index contributed by atoms with van der Waals surface area (Å²) in [6.07, 6.45) is -0.361. The quantitative estimate of drug-likeness (QED) is 0.711. The van der Waals surface area contributed by atoms with E-state index in [4.69, 9.17) is 13.9 Å². The summed E-state index contributed by atoms with van der Waals surface area (Å²) < 4.78 is 45.4. The van der Waals surface area contributed by atoms with Gasteiger partial charge in [-0.3, -0.25) is 0 Å². The molecule has 2 rings (SSSR count). The van der Waals surface area contributed by atoms with Crippen LogP contribution in [-0.4, -0.2) is 48.9 Å². The van der Waals surface area contributed by atoms with Crippen LogP contribution in [0.2, 0.25) is 18.1 Å². The van der Waals surface area contributed by atoms with Crippen LogP contribution in [0.5, 0.6) is 0 Å². The zero-order valence-corrected chi connectivity index (χ0v) is 18.4. The van der Waals surface area contributed by atoms with Gasteiger partial charge in [0.25, 0.3) is 0 Å². The van der Waals surface area contributed by atoms with E-state index >= 15 is 0 Å². The lowest BCUT2D eigenvalue weighted by Gasteiger charge is -2.37. The van der Waals surface area contributed by atoms with E-state index in [9.17, 15) is 8.42 Å². The summed E-state index contributed by atoms with van der Waals surface area (Å²) in [5.41, 5.74) is 1.01. The molecule has 0 aliphatic carbocycles. The molecule has 0 unspecified atom stereocenters. The molecule has 148 valence electrons. The van der Waals surface area contributed by atoms with Gasteiger partial charge in [-0.2, -0.15) is 0 Å². The Hall–Kier alpha value is -0.773. The first-order chi connectivity index (χ1) is 11.9. The first kappa shape index (κ1) is 21.5. The van der Waals surface area contributed by atoms with Crippen LogP contribution in [-0.2, 0) is 23.9 Å². The largest absolute Gasteiger partial charge is 0.415 e. The van der Waals surface area contributed by atoms with Crippen LogP contribution >= 0.6 is 0 Å². The molecule has 0 bridgehead atoms. The first-order valence-electron chi connectivity index (χ1n) is 8.85. The molecule has 0 radical (unpaired) electrons. The van der Waals surface area contributed by atoms with Crippen molar-refractivity contribution in [1.82, 2.24) is 4.72 Å². The predicted molar refractivity (Wildman–Crippen MR) is 104 cm³/mol. The highest BCUT2D eigenvalue weighted by Gasteiger charge is 2.39. The number of hydrogen-bond acceptors (Lipinski definition) is 5. The van der Waals surface area contributed by atoms with E-state index in [1.54, 1.807) is 24.3 Å². The minimum atomic E-state index is -3.67. The van der Waals surface area contributed by atoms with Crippen LogP contribution in [0.4, 0.5) is 0 Å². The Bertz CT molecular complexity index is 691. The summed E-state index contributed by atoms with van der Waals surface area (Å²) in [5.74, 6) is 0. The van der Waals surface area contributed by atoms with Gasteiger partial charge in [-0.05, 0) is 37.2 Å². The standard InChI is InChI=1S/C18H31NO5SSi/c1-14-7-9-15(10-8-14)25(20,21)19-16(17-12-22-13-23-17)11-24-26(5,6)18(2,3)4/h7-10,16-17,19H,11-13H2,1-6H3/t16-,17-/m1/s1. The third-order valence-electron chi connectivity index (χ3n) is 5.16. The van der Waals surface area contributed by atoms with Crippen molar-refractivity contribution in [2.24, 2.45) is 0 Å². The van der Waals surface area contributed by atoms with Gasteiger partial charge in [0.2, 0.25) is 10.0 Å². The normalized spacial score (nSPS) is 20.3. The molecular weight excluding hydrogens is 370 g/mol. The van der Waals surface area contributed by atoms with E-state index in [-0.39, 0.29) is 29.4 Å². The Morgan fingerprint density at radius 2 is 1.88 bits per heavy atom. The van der Waals surface area contributed by atoms with E-state index in [1.807, 2.05) is 6.92 Å². The van der Waals surface area contributed by atoms with Crippen molar-refractivity contribution in [3.63, 3.8) is 0 Å². The molecule has 1 saturated heterocycles. The number of hydrogen-bond donors (Lipinski definition) is 1. The molecule has 2 atom stereocenters. The molecule has 0 spiro atoms. The van der Waals surface area contributed by atoms with Crippen LogP contribution in [0, 0.1) is 6.92 Å². The molecule has 0 saturated carbocycles. The Morgan fingerprint density at radius 3 is 2.38 bits per heavy atom. The number of benzene rings is 1. The first-order valence-corrected chi connectivity index (χ1v) is 13.2. The van der Waals surface area contributed by atoms with Crippen LogP contribution in [0.25, 0.3) is 0 Å². The van der Waals surface area contributed by atoms with Gasteiger partial charge >= 0.3 is 0 Å². The maximum absolute atomic E-state index is 12.8.